The van der Waals surface area contributed by atoms with Crippen molar-refractivity contribution in [3.8, 4) is 0 Å². The molecule has 26 heavy (non-hydrogen) atoms. The number of para-hydroxylation sites is 1. The number of aldehydes is 1. The number of piperidine rings is 1. The van der Waals surface area contributed by atoms with Crippen LogP contribution in [0.15, 0.2) is 35.6 Å². The minimum absolute atomic E-state index is 0.0650. The molecule has 6 nitrogen and oxygen atoms in total. The molecule has 136 valence electrons. The Balaban J connectivity index is 1.66. The standard InChI is InChI=1S/C20H22N2O4/c1-11-12(9-23)14-7-16-19(8-17(21-16)20(14,25)10-26-11)13-5-3-4-6-15(13)22(2)18(19)24/h3-6,9,14,16-17,21,25H,7-8,10H2,1-2H3. The van der Waals surface area contributed by atoms with Crippen LogP contribution in [0, 0.1) is 5.92 Å². The van der Waals surface area contributed by atoms with Crippen LogP contribution in [0.5, 0.6) is 0 Å². The van der Waals surface area contributed by atoms with Crippen LogP contribution >= 0.6 is 0 Å². The molecule has 4 heterocycles. The minimum Gasteiger partial charge on any atom is -0.495 e. The molecule has 4 aliphatic rings. The minimum atomic E-state index is -1.17. The summed E-state index contributed by atoms with van der Waals surface area (Å²) in [4.78, 5) is 26.8. The van der Waals surface area contributed by atoms with Gasteiger partial charge in [0.05, 0.1) is 11.2 Å². The van der Waals surface area contributed by atoms with E-state index in [1.165, 1.54) is 0 Å². The maximum absolute atomic E-state index is 13.3. The fraction of sp³-hybridized carbons (Fsp3) is 0.500. The number of fused-ring (bicyclic) bond motifs is 7. The van der Waals surface area contributed by atoms with Crippen LogP contribution in [0.3, 0.4) is 0 Å². The molecule has 1 aromatic carbocycles. The van der Waals surface area contributed by atoms with E-state index in [0.29, 0.717) is 24.2 Å². The summed E-state index contributed by atoms with van der Waals surface area (Å²) in [5, 5.41) is 14.9. The third-order valence-electron chi connectivity index (χ3n) is 7.06. The summed E-state index contributed by atoms with van der Waals surface area (Å²) in [5.41, 5.74) is 0.612. The molecule has 5 unspecified atom stereocenters. The van der Waals surface area contributed by atoms with Gasteiger partial charge in [-0.1, -0.05) is 18.2 Å². The van der Waals surface area contributed by atoms with Crippen molar-refractivity contribution in [3.05, 3.63) is 41.2 Å². The van der Waals surface area contributed by atoms with Gasteiger partial charge in [-0.3, -0.25) is 9.59 Å². The third-order valence-corrected chi connectivity index (χ3v) is 7.06. The summed E-state index contributed by atoms with van der Waals surface area (Å²) in [7, 11) is 1.81. The first-order chi connectivity index (χ1) is 12.4. The number of nitrogens with zero attached hydrogens (tertiary/aromatic N) is 1. The maximum Gasteiger partial charge on any atom is 0.239 e. The van der Waals surface area contributed by atoms with Crippen LogP contribution in [0.2, 0.25) is 0 Å². The molecule has 1 aromatic rings. The van der Waals surface area contributed by atoms with Crippen LogP contribution in [-0.2, 0) is 19.7 Å². The first kappa shape index (κ1) is 16.0. The van der Waals surface area contributed by atoms with E-state index in [-0.39, 0.29) is 30.5 Å². The summed E-state index contributed by atoms with van der Waals surface area (Å²) in [6.07, 6.45) is 1.85. The number of hydrogen-bond donors (Lipinski definition) is 2. The van der Waals surface area contributed by atoms with Crippen molar-refractivity contribution < 1.29 is 19.4 Å². The molecule has 5 rings (SSSR count). The summed E-state index contributed by atoms with van der Waals surface area (Å²) in [6.45, 7) is 1.92. The van der Waals surface area contributed by atoms with E-state index in [0.717, 1.165) is 17.5 Å². The zero-order chi connectivity index (χ0) is 18.3. The molecule has 4 aliphatic heterocycles. The van der Waals surface area contributed by atoms with E-state index < -0.39 is 11.0 Å². The highest BCUT2D eigenvalue weighted by atomic mass is 16.5. The van der Waals surface area contributed by atoms with Crippen LogP contribution in [0.4, 0.5) is 5.69 Å². The van der Waals surface area contributed by atoms with Gasteiger partial charge < -0.3 is 20.1 Å². The molecule has 0 aromatic heterocycles. The van der Waals surface area contributed by atoms with Crippen molar-refractivity contribution in [1.82, 2.24) is 5.32 Å². The fourth-order valence-corrected chi connectivity index (χ4v) is 5.70. The van der Waals surface area contributed by atoms with Crippen molar-refractivity contribution in [1.29, 1.82) is 0 Å². The zero-order valence-electron chi connectivity index (χ0n) is 14.9. The highest BCUT2D eigenvalue weighted by molar-refractivity contribution is 6.08. The largest absolute Gasteiger partial charge is 0.495 e. The van der Waals surface area contributed by atoms with Gasteiger partial charge in [-0.15, -0.1) is 0 Å². The molecule has 0 aliphatic carbocycles. The molecule has 1 spiro atoms. The Morgan fingerprint density at radius 2 is 2.12 bits per heavy atom. The highest BCUT2D eigenvalue weighted by Gasteiger charge is 2.68. The molecule has 0 radical (unpaired) electrons. The van der Waals surface area contributed by atoms with Gasteiger partial charge in [0.2, 0.25) is 5.91 Å². The quantitative estimate of drug-likeness (QED) is 0.732. The Morgan fingerprint density at radius 1 is 1.35 bits per heavy atom. The Labute approximate surface area is 151 Å². The molecule has 0 saturated carbocycles. The number of carbonyl (C=O) groups excluding carboxylic acids is 2. The van der Waals surface area contributed by atoms with Gasteiger partial charge in [-0.2, -0.15) is 0 Å². The normalized spacial score (nSPS) is 40.5. The average molecular weight is 354 g/mol. The Bertz CT molecular complexity index is 865. The first-order valence-corrected chi connectivity index (χ1v) is 9.08. The third kappa shape index (κ3) is 1.65. The van der Waals surface area contributed by atoms with Gasteiger partial charge >= 0.3 is 0 Å². The number of likely N-dealkylation sites (N-methyl/N-ethyl adjacent to an activating group) is 1. The summed E-state index contributed by atoms with van der Waals surface area (Å²) < 4.78 is 5.64. The smallest absolute Gasteiger partial charge is 0.239 e. The average Bonchev–Trinajstić information content (AvgIpc) is 3.09. The van der Waals surface area contributed by atoms with Gasteiger partial charge in [0.25, 0.3) is 0 Å². The van der Waals surface area contributed by atoms with E-state index in [2.05, 4.69) is 5.32 Å². The van der Waals surface area contributed by atoms with Crippen molar-refractivity contribution in [2.75, 3.05) is 18.6 Å². The maximum atomic E-state index is 13.3. The van der Waals surface area contributed by atoms with E-state index in [1.807, 2.05) is 31.3 Å². The number of ether oxygens (including phenoxy) is 1. The SMILES string of the molecule is CC1=C(C=O)C2CC3NC(CC34C(=O)N(C)c3ccccc34)C2(O)CO1. The Kier molecular flexibility index (Phi) is 3.06. The number of benzene rings is 1. The molecule has 2 bridgehead atoms. The molecule has 1 amide bonds. The summed E-state index contributed by atoms with van der Waals surface area (Å²) in [6, 6.07) is 7.48. The van der Waals surface area contributed by atoms with Crippen molar-refractivity contribution in [2.45, 2.75) is 42.9 Å². The number of anilines is 1. The lowest BCUT2D eigenvalue weighted by molar-refractivity contribution is -0.124. The molecule has 2 fully saturated rings. The molecular weight excluding hydrogens is 332 g/mol. The van der Waals surface area contributed by atoms with Crippen LogP contribution in [-0.4, -0.2) is 48.6 Å². The van der Waals surface area contributed by atoms with Gasteiger partial charge in [0.1, 0.15) is 18.5 Å². The number of rotatable bonds is 1. The van der Waals surface area contributed by atoms with E-state index in [4.69, 9.17) is 4.74 Å². The number of hydrogen-bond acceptors (Lipinski definition) is 5. The number of aliphatic hydroxyl groups is 1. The van der Waals surface area contributed by atoms with Crippen LogP contribution in [0.1, 0.15) is 25.3 Å². The lowest BCUT2D eigenvalue weighted by Gasteiger charge is -2.47. The first-order valence-electron chi connectivity index (χ1n) is 9.08. The molecule has 2 N–H and O–H groups in total. The van der Waals surface area contributed by atoms with Gasteiger partial charge in [-0.05, 0) is 31.4 Å². The zero-order valence-corrected chi connectivity index (χ0v) is 14.9. The van der Waals surface area contributed by atoms with E-state index in [1.54, 1.807) is 11.8 Å². The van der Waals surface area contributed by atoms with E-state index >= 15 is 0 Å². The van der Waals surface area contributed by atoms with E-state index in [9.17, 15) is 14.7 Å². The monoisotopic (exact) mass is 354 g/mol. The van der Waals surface area contributed by atoms with Gasteiger partial charge in [0, 0.05) is 36.3 Å². The van der Waals surface area contributed by atoms with Crippen LogP contribution < -0.4 is 10.2 Å². The molecule has 2 saturated heterocycles. The number of carbonyl (C=O) groups is 2. The molecule has 5 atom stereocenters. The topological polar surface area (TPSA) is 78.9 Å². The molecular formula is C20H22N2O4. The molecule has 6 heteroatoms. The number of nitrogens with one attached hydrogen (secondary N) is 1. The van der Waals surface area contributed by atoms with Gasteiger partial charge in [-0.25, -0.2) is 0 Å². The summed E-state index contributed by atoms with van der Waals surface area (Å²) >= 11 is 0. The summed E-state index contributed by atoms with van der Waals surface area (Å²) in [5.74, 6) is 0.339. The number of allylic oxidation sites excluding steroid dienone is 1. The second-order valence-electron chi connectivity index (χ2n) is 8.03. The van der Waals surface area contributed by atoms with Crippen molar-refractivity contribution in [3.63, 3.8) is 0 Å². The number of amides is 1. The Morgan fingerprint density at radius 3 is 2.88 bits per heavy atom. The van der Waals surface area contributed by atoms with Crippen LogP contribution in [0.25, 0.3) is 0 Å². The fourth-order valence-electron chi connectivity index (χ4n) is 5.70. The van der Waals surface area contributed by atoms with Crippen molar-refractivity contribution >= 4 is 17.9 Å². The predicted molar refractivity (Wildman–Crippen MR) is 94.6 cm³/mol. The Hall–Kier alpha value is -2.18. The van der Waals surface area contributed by atoms with Crippen molar-refractivity contribution in [2.24, 2.45) is 5.92 Å². The lowest BCUT2D eigenvalue weighted by Crippen LogP contribution is -2.64. The van der Waals surface area contributed by atoms with Gasteiger partial charge in [0.15, 0.2) is 0 Å². The highest BCUT2D eigenvalue weighted by Crippen LogP contribution is 2.57. The lowest BCUT2D eigenvalue weighted by atomic mass is 9.71. The second kappa shape index (κ2) is 4.96. The second-order valence-corrected chi connectivity index (χ2v) is 8.03. The predicted octanol–water partition coefficient (Wildman–Crippen LogP) is 0.885.